The molecule has 9 heteroatoms. The molecule has 0 aromatic rings. The number of Topliss-reactive ketones (excluding diaryl/α,β-unsaturated/α-hetero) is 1. The maximum atomic E-state index is 13.6. The van der Waals surface area contributed by atoms with Crippen LogP contribution in [0.15, 0.2) is 0 Å². The number of alkyl halides is 1. The van der Waals surface area contributed by atoms with Crippen molar-refractivity contribution >= 4 is 11.7 Å². The first-order valence-corrected chi connectivity index (χ1v) is 11.6. The van der Waals surface area contributed by atoms with Crippen molar-refractivity contribution in [3.63, 3.8) is 0 Å². The Balaban J connectivity index is -0.00000212. The Morgan fingerprint density at radius 1 is 0.844 bits per heavy atom. The summed E-state index contributed by atoms with van der Waals surface area (Å²) in [4.78, 5) is 22.3. The maximum Gasteiger partial charge on any atom is 0.216 e. The second kappa shape index (κ2) is 24.5. The molecule has 0 radical (unpaired) electrons. The number of carbonyl (C=O) groups is 2. The van der Waals surface area contributed by atoms with Gasteiger partial charge in [-0.2, -0.15) is 0 Å². The van der Waals surface area contributed by atoms with Crippen LogP contribution in [-0.4, -0.2) is 90.0 Å². The number of hydrogen-bond acceptors (Lipinski definition) is 7. The van der Waals surface area contributed by atoms with Crippen LogP contribution in [0.4, 0.5) is 4.39 Å². The summed E-state index contributed by atoms with van der Waals surface area (Å²) in [6.45, 7) is 14.3. The predicted octanol–water partition coefficient (Wildman–Crippen LogP) is 3.21. The van der Waals surface area contributed by atoms with E-state index in [2.05, 4.69) is 19.2 Å². The van der Waals surface area contributed by atoms with Gasteiger partial charge in [0.2, 0.25) is 5.91 Å². The number of carbonyl (C=O) groups excluding carboxylic acids is 2. The molecule has 0 aliphatic heterocycles. The number of rotatable bonds is 20. The fraction of sp³-hybridized carbons (Fsp3) is 0.913. The number of halogens is 1. The highest BCUT2D eigenvalue weighted by Crippen LogP contribution is 2.03. The molecule has 0 aromatic carbocycles. The molecular weight excluding hydrogens is 421 g/mol. The molecule has 0 rings (SSSR count). The van der Waals surface area contributed by atoms with Gasteiger partial charge in [-0.3, -0.25) is 9.59 Å². The molecule has 3 atom stereocenters. The van der Waals surface area contributed by atoms with Gasteiger partial charge in [0.05, 0.1) is 65.5 Å². The third-order valence-corrected chi connectivity index (χ3v) is 4.19. The summed E-state index contributed by atoms with van der Waals surface area (Å²) in [5.74, 6) is -0.113. The largest absolute Gasteiger partial charge is 0.377 e. The Kier molecular flexibility index (Phi) is 25.3. The van der Waals surface area contributed by atoms with Gasteiger partial charge in [0, 0.05) is 14.3 Å². The van der Waals surface area contributed by atoms with Gasteiger partial charge in [-0.1, -0.05) is 34.1 Å². The highest BCUT2D eigenvalue weighted by Gasteiger charge is 2.16. The van der Waals surface area contributed by atoms with Gasteiger partial charge >= 0.3 is 0 Å². The molecule has 1 N–H and O–H groups in total. The SMILES string of the molecule is CCC.CCC(C)C(=O)COCCOCCOCCOCCOC(C)C(F)CNC(C)=O.[HH]. The molecule has 0 fully saturated rings. The molecule has 0 spiro atoms. The van der Waals surface area contributed by atoms with Crippen molar-refractivity contribution < 1.29 is 39.1 Å². The van der Waals surface area contributed by atoms with Crippen molar-refractivity contribution in [2.24, 2.45) is 5.92 Å². The van der Waals surface area contributed by atoms with Crippen molar-refractivity contribution in [1.29, 1.82) is 0 Å². The quantitative estimate of drug-likeness (QED) is 0.274. The van der Waals surface area contributed by atoms with E-state index in [1.807, 2.05) is 13.8 Å². The lowest BCUT2D eigenvalue weighted by Crippen LogP contribution is -2.35. The molecule has 0 aliphatic carbocycles. The molecule has 0 saturated carbocycles. The van der Waals surface area contributed by atoms with Gasteiger partial charge in [-0.25, -0.2) is 4.39 Å². The first-order chi connectivity index (χ1) is 15.3. The molecule has 0 heterocycles. The van der Waals surface area contributed by atoms with E-state index in [9.17, 15) is 14.0 Å². The number of nitrogens with one attached hydrogen (secondary N) is 1. The Labute approximate surface area is 195 Å². The van der Waals surface area contributed by atoms with Crippen molar-refractivity contribution in [2.45, 2.75) is 66.7 Å². The summed E-state index contributed by atoms with van der Waals surface area (Å²) in [6.07, 6.45) is 0.202. The molecule has 0 saturated heterocycles. The van der Waals surface area contributed by atoms with Gasteiger partial charge in [-0.15, -0.1) is 0 Å². The zero-order valence-corrected chi connectivity index (χ0v) is 21.0. The topological polar surface area (TPSA) is 92.3 Å². The standard InChI is InChI=1S/C20H38FNO7.C3H8.H2/c1-5-16(2)20(24)15-28-11-10-26-7-6-25-8-9-27-12-13-29-17(3)19(21)14-22-18(4)23;1-3-2;/h16-17,19H,5-15H2,1-4H3,(H,22,23);3H2,1-2H3;1H. The van der Waals surface area contributed by atoms with Gasteiger partial charge in [0.1, 0.15) is 12.8 Å². The second-order valence-electron chi connectivity index (χ2n) is 7.40. The minimum atomic E-state index is -1.26. The van der Waals surface area contributed by atoms with E-state index in [0.717, 1.165) is 6.42 Å². The van der Waals surface area contributed by atoms with Crippen LogP contribution in [0.25, 0.3) is 0 Å². The van der Waals surface area contributed by atoms with E-state index >= 15 is 0 Å². The van der Waals surface area contributed by atoms with Crippen LogP contribution in [0, 0.1) is 5.92 Å². The zero-order chi connectivity index (χ0) is 24.6. The van der Waals surface area contributed by atoms with E-state index in [-0.39, 0.29) is 38.8 Å². The van der Waals surface area contributed by atoms with Crippen molar-refractivity contribution in [3.05, 3.63) is 0 Å². The Hall–Kier alpha value is -1.13. The third kappa shape index (κ3) is 23.5. The lowest BCUT2D eigenvalue weighted by atomic mass is 10.1. The average molecular weight is 470 g/mol. The number of hydrogen-bond donors (Lipinski definition) is 1. The van der Waals surface area contributed by atoms with Gasteiger partial charge in [0.15, 0.2) is 5.78 Å². The molecule has 0 bridgehead atoms. The number of ketones is 1. The summed E-state index contributed by atoms with van der Waals surface area (Å²) < 4.78 is 40.3. The van der Waals surface area contributed by atoms with E-state index < -0.39 is 12.3 Å². The first kappa shape index (κ1) is 33.0. The molecule has 32 heavy (non-hydrogen) atoms. The fourth-order valence-electron chi connectivity index (χ4n) is 2.01. The Morgan fingerprint density at radius 3 is 1.72 bits per heavy atom. The van der Waals surface area contributed by atoms with Gasteiger partial charge < -0.3 is 29.0 Å². The predicted molar refractivity (Wildman–Crippen MR) is 125 cm³/mol. The average Bonchev–Trinajstić information content (AvgIpc) is 2.77. The Morgan fingerprint density at radius 2 is 1.28 bits per heavy atom. The van der Waals surface area contributed by atoms with Crippen LogP contribution in [0.3, 0.4) is 0 Å². The van der Waals surface area contributed by atoms with Gasteiger partial charge in [-0.05, 0) is 13.3 Å². The highest BCUT2D eigenvalue weighted by molar-refractivity contribution is 5.81. The molecule has 194 valence electrons. The Bertz CT molecular complexity index is 447. The molecule has 1 amide bonds. The molecule has 8 nitrogen and oxygen atoms in total. The fourth-order valence-corrected chi connectivity index (χ4v) is 2.01. The normalized spacial score (nSPS) is 13.6. The van der Waals surface area contributed by atoms with E-state index in [1.165, 1.54) is 13.3 Å². The molecule has 0 aromatic heterocycles. The summed E-state index contributed by atoms with van der Waals surface area (Å²) in [5, 5.41) is 2.41. The van der Waals surface area contributed by atoms with Crippen LogP contribution in [0.1, 0.15) is 55.8 Å². The minimum Gasteiger partial charge on any atom is -0.377 e. The highest BCUT2D eigenvalue weighted by atomic mass is 19.1. The maximum absolute atomic E-state index is 13.6. The first-order valence-electron chi connectivity index (χ1n) is 11.6. The second-order valence-corrected chi connectivity index (χ2v) is 7.40. The summed E-state index contributed by atoms with van der Waals surface area (Å²) in [7, 11) is 0. The van der Waals surface area contributed by atoms with E-state index in [0.29, 0.717) is 46.2 Å². The van der Waals surface area contributed by atoms with Crippen LogP contribution < -0.4 is 5.32 Å². The van der Waals surface area contributed by atoms with Crippen LogP contribution in [0.2, 0.25) is 0 Å². The molecule has 3 unspecified atom stereocenters. The van der Waals surface area contributed by atoms with Crippen molar-refractivity contribution in [2.75, 3.05) is 66.0 Å². The molecule has 0 aliphatic rings. The van der Waals surface area contributed by atoms with Crippen molar-refractivity contribution in [1.82, 2.24) is 5.32 Å². The monoisotopic (exact) mass is 469 g/mol. The number of amides is 1. The summed E-state index contributed by atoms with van der Waals surface area (Å²) in [5.41, 5.74) is 0. The van der Waals surface area contributed by atoms with Crippen LogP contribution in [-0.2, 0) is 33.3 Å². The van der Waals surface area contributed by atoms with E-state index in [1.54, 1.807) is 6.92 Å². The van der Waals surface area contributed by atoms with E-state index in [4.69, 9.17) is 23.7 Å². The van der Waals surface area contributed by atoms with Crippen LogP contribution in [0.5, 0.6) is 0 Å². The van der Waals surface area contributed by atoms with Crippen LogP contribution >= 0.6 is 0 Å². The number of ether oxygens (including phenoxy) is 5. The smallest absolute Gasteiger partial charge is 0.216 e. The third-order valence-electron chi connectivity index (χ3n) is 4.19. The lowest BCUT2D eigenvalue weighted by molar-refractivity contribution is -0.127. The minimum absolute atomic E-state index is 0. The van der Waals surface area contributed by atoms with Crippen molar-refractivity contribution in [3.8, 4) is 0 Å². The van der Waals surface area contributed by atoms with Gasteiger partial charge in [0.25, 0.3) is 0 Å². The molecular formula is C23H48FNO7. The zero-order valence-electron chi connectivity index (χ0n) is 21.0. The summed E-state index contributed by atoms with van der Waals surface area (Å²) in [6, 6.07) is 0. The summed E-state index contributed by atoms with van der Waals surface area (Å²) >= 11 is 0. The lowest BCUT2D eigenvalue weighted by Gasteiger charge is -2.17.